The molecule has 0 aromatic heterocycles. The topological polar surface area (TPSA) is 61.8 Å². The second-order valence-corrected chi connectivity index (χ2v) is 7.05. The molecular weight excluding hydrogens is 304 g/mol. The van der Waals surface area contributed by atoms with E-state index in [9.17, 15) is 9.90 Å². The highest BCUT2D eigenvalue weighted by atomic mass is 16.5. The van der Waals surface area contributed by atoms with Crippen LogP contribution in [-0.2, 0) is 4.74 Å². The Balaban J connectivity index is 2.08. The molecular formula is C19H30N2O3. The fourth-order valence-corrected chi connectivity index (χ4v) is 3.18. The van der Waals surface area contributed by atoms with Crippen molar-refractivity contribution in [3.63, 3.8) is 0 Å². The third kappa shape index (κ3) is 5.49. The Morgan fingerprint density at radius 3 is 2.67 bits per heavy atom. The molecule has 1 fully saturated rings. The molecule has 0 bridgehead atoms. The average Bonchev–Trinajstić information content (AvgIpc) is 2.54. The van der Waals surface area contributed by atoms with E-state index < -0.39 is 6.10 Å². The summed E-state index contributed by atoms with van der Waals surface area (Å²) in [5.74, 6) is 0.480. The van der Waals surface area contributed by atoms with E-state index in [1.165, 1.54) is 0 Å². The fourth-order valence-electron chi connectivity index (χ4n) is 3.18. The monoisotopic (exact) mass is 334 g/mol. The lowest BCUT2D eigenvalue weighted by Gasteiger charge is -2.37. The number of aliphatic hydroxyl groups excluding tert-OH is 1. The van der Waals surface area contributed by atoms with Crippen molar-refractivity contribution >= 4 is 6.03 Å². The molecule has 1 heterocycles. The van der Waals surface area contributed by atoms with Gasteiger partial charge in [-0.1, -0.05) is 44.2 Å². The highest BCUT2D eigenvalue weighted by Gasteiger charge is 2.29. The predicted molar refractivity (Wildman–Crippen MR) is 94.8 cm³/mol. The van der Waals surface area contributed by atoms with Crippen molar-refractivity contribution in [2.75, 3.05) is 19.8 Å². The van der Waals surface area contributed by atoms with Crippen molar-refractivity contribution in [1.82, 2.24) is 10.2 Å². The maximum absolute atomic E-state index is 12.8. The van der Waals surface area contributed by atoms with E-state index in [-0.39, 0.29) is 18.1 Å². The van der Waals surface area contributed by atoms with E-state index in [2.05, 4.69) is 31.3 Å². The highest BCUT2D eigenvalue weighted by Crippen LogP contribution is 2.22. The normalized spacial score (nSPS) is 20.7. The van der Waals surface area contributed by atoms with E-state index in [1.807, 2.05) is 23.1 Å². The molecule has 2 N–H and O–H groups in total. The number of nitrogens with one attached hydrogen (secondary N) is 1. The number of rotatable bonds is 6. The third-order valence-corrected chi connectivity index (χ3v) is 4.31. The van der Waals surface area contributed by atoms with Gasteiger partial charge in [-0.2, -0.15) is 0 Å². The van der Waals surface area contributed by atoms with Crippen molar-refractivity contribution in [3.8, 4) is 0 Å². The molecule has 1 saturated heterocycles. The van der Waals surface area contributed by atoms with Gasteiger partial charge in [0.15, 0.2) is 0 Å². The molecule has 24 heavy (non-hydrogen) atoms. The predicted octanol–water partition coefficient (Wildman–Crippen LogP) is 2.96. The number of carbonyl (C=O) groups excluding carboxylic acids is 1. The number of urea groups is 1. The highest BCUT2D eigenvalue weighted by molar-refractivity contribution is 5.75. The minimum absolute atomic E-state index is 0.00579. The SMILES string of the molecule is CC(C)C[C@H](NC(=O)N1CCOC[C@@H]1C[C@@H](C)O)c1ccccc1. The summed E-state index contributed by atoms with van der Waals surface area (Å²) in [4.78, 5) is 14.6. The van der Waals surface area contributed by atoms with Crippen LogP contribution in [-0.4, -0.2) is 47.9 Å². The summed E-state index contributed by atoms with van der Waals surface area (Å²) in [5.41, 5.74) is 1.12. The quantitative estimate of drug-likeness (QED) is 0.841. The van der Waals surface area contributed by atoms with Crippen molar-refractivity contribution in [3.05, 3.63) is 35.9 Å². The van der Waals surface area contributed by atoms with Gasteiger partial charge >= 0.3 is 6.03 Å². The Kier molecular flexibility index (Phi) is 7.06. The van der Waals surface area contributed by atoms with Crippen molar-refractivity contribution in [2.24, 2.45) is 5.92 Å². The summed E-state index contributed by atoms with van der Waals surface area (Å²) >= 11 is 0. The van der Waals surface area contributed by atoms with Crippen LogP contribution in [0.5, 0.6) is 0 Å². The van der Waals surface area contributed by atoms with Crippen LogP contribution in [0.2, 0.25) is 0 Å². The molecule has 0 saturated carbocycles. The summed E-state index contributed by atoms with van der Waals surface area (Å²) in [6.45, 7) is 7.66. The van der Waals surface area contributed by atoms with Crippen LogP contribution in [0.3, 0.4) is 0 Å². The minimum Gasteiger partial charge on any atom is -0.393 e. The summed E-state index contributed by atoms with van der Waals surface area (Å²) in [6.07, 6.45) is 0.974. The maximum atomic E-state index is 12.8. The zero-order valence-corrected chi connectivity index (χ0v) is 14.9. The average molecular weight is 334 g/mol. The molecule has 2 amide bonds. The van der Waals surface area contributed by atoms with Gasteiger partial charge in [0.1, 0.15) is 0 Å². The van der Waals surface area contributed by atoms with E-state index >= 15 is 0 Å². The van der Waals surface area contributed by atoms with E-state index in [0.29, 0.717) is 32.1 Å². The minimum atomic E-state index is -0.451. The molecule has 2 rings (SSSR count). The summed E-state index contributed by atoms with van der Waals surface area (Å²) in [5, 5.41) is 12.9. The Hall–Kier alpha value is -1.59. The van der Waals surface area contributed by atoms with Crippen molar-refractivity contribution < 1.29 is 14.6 Å². The Labute approximate surface area is 145 Å². The smallest absolute Gasteiger partial charge is 0.318 e. The van der Waals surface area contributed by atoms with Gasteiger partial charge in [0, 0.05) is 6.54 Å². The van der Waals surface area contributed by atoms with Gasteiger partial charge in [0.05, 0.1) is 31.4 Å². The van der Waals surface area contributed by atoms with E-state index in [1.54, 1.807) is 6.92 Å². The molecule has 1 aromatic rings. The fraction of sp³-hybridized carbons (Fsp3) is 0.632. The number of benzene rings is 1. The number of carbonyl (C=O) groups is 1. The van der Waals surface area contributed by atoms with Crippen LogP contribution in [0, 0.1) is 5.92 Å². The van der Waals surface area contributed by atoms with Gasteiger partial charge in [0.25, 0.3) is 0 Å². The van der Waals surface area contributed by atoms with Crippen LogP contribution < -0.4 is 5.32 Å². The van der Waals surface area contributed by atoms with Gasteiger partial charge in [-0.15, -0.1) is 0 Å². The Morgan fingerprint density at radius 1 is 1.33 bits per heavy atom. The summed E-state index contributed by atoms with van der Waals surface area (Å²) in [6, 6.07) is 9.94. The number of aliphatic hydroxyl groups is 1. The number of amides is 2. The molecule has 3 atom stereocenters. The van der Waals surface area contributed by atoms with Crippen LogP contribution in [0.4, 0.5) is 4.79 Å². The van der Waals surface area contributed by atoms with Gasteiger partial charge in [-0.25, -0.2) is 4.79 Å². The first-order chi connectivity index (χ1) is 11.5. The molecule has 5 heteroatoms. The molecule has 134 valence electrons. The van der Waals surface area contributed by atoms with Gasteiger partial charge in [0.2, 0.25) is 0 Å². The van der Waals surface area contributed by atoms with E-state index in [4.69, 9.17) is 4.74 Å². The zero-order chi connectivity index (χ0) is 17.5. The molecule has 5 nitrogen and oxygen atoms in total. The molecule has 1 aromatic carbocycles. The second kappa shape index (κ2) is 9.04. The molecule has 0 unspecified atom stereocenters. The molecule has 1 aliphatic heterocycles. The van der Waals surface area contributed by atoms with Crippen LogP contribution >= 0.6 is 0 Å². The molecule has 0 spiro atoms. The lowest BCUT2D eigenvalue weighted by molar-refractivity contribution is -0.00494. The van der Waals surface area contributed by atoms with Crippen LogP contribution in [0.25, 0.3) is 0 Å². The molecule has 0 radical (unpaired) electrons. The third-order valence-electron chi connectivity index (χ3n) is 4.31. The van der Waals surface area contributed by atoms with Crippen molar-refractivity contribution in [2.45, 2.75) is 51.8 Å². The summed E-state index contributed by atoms with van der Waals surface area (Å²) < 4.78 is 5.48. The zero-order valence-electron chi connectivity index (χ0n) is 14.9. The Morgan fingerprint density at radius 2 is 2.04 bits per heavy atom. The summed E-state index contributed by atoms with van der Waals surface area (Å²) in [7, 11) is 0. The second-order valence-electron chi connectivity index (χ2n) is 7.05. The Bertz CT molecular complexity index is 505. The first-order valence-electron chi connectivity index (χ1n) is 8.85. The lowest BCUT2D eigenvalue weighted by Crippen LogP contribution is -2.53. The first-order valence-corrected chi connectivity index (χ1v) is 8.85. The number of nitrogens with zero attached hydrogens (tertiary/aromatic N) is 1. The van der Waals surface area contributed by atoms with Crippen LogP contribution in [0.15, 0.2) is 30.3 Å². The van der Waals surface area contributed by atoms with Gasteiger partial charge in [-0.05, 0) is 31.2 Å². The number of hydrogen-bond acceptors (Lipinski definition) is 3. The number of morpholine rings is 1. The van der Waals surface area contributed by atoms with Crippen molar-refractivity contribution in [1.29, 1.82) is 0 Å². The van der Waals surface area contributed by atoms with Gasteiger partial charge < -0.3 is 20.1 Å². The number of ether oxygens (including phenoxy) is 1. The van der Waals surface area contributed by atoms with Gasteiger partial charge in [-0.3, -0.25) is 0 Å². The lowest BCUT2D eigenvalue weighted by atomic mass is 9.97. The number of hydrogen-bond donors (Lipinski definition) is 2. The largest absolute Gasteiger partial charge is 0.393 e. The maximum Gasteiger partial charge on any atom is 0.318 e. The van der Waals surface area contributed by atoms with Crippen LogP contribution in [0.1, 0.15) is 45.2 Å². The first kappa shape index (κ1) is 18.7. The molecule has 1 aliphatic rings. The standard InChI is InChI=1S/C19H30N2O3/c1-14(2)11-18(16-7-5-4-6-8-16)20-19(23)21-9-10-24-13-17(21)12-15(3)22/h4-8,14-15,17-18,22H,9-13H2,1-3H3,(H,20,23)/t15-,17+,18+/m1/s1. The molecule has 0 aliphatic carbocycles. The van der Waals surface area contributed by atoms with E-state index in [0.717, 1.165) is 12.0 Å².